The van der Waals surface area contributed by atoms with Crippen LogP contribution < -0.4 is 0 Å². The second kappa shape index (κ2) is 23.0. The molecule has 0 spiro atoms. The molecular formula is C103H88. The minimum absolute atomic E-state index is 0.00786. The molecule has 5 aliphatic rings. The van der Waals surface area contributed by atoms with E-state index in [0.29, 0.717) is 0 Å². The Balaban J connectivity index is 0.000000218. The molecule has 0 atom stereocenters. The van der Waals surface area contributed by atoms with Crippen LogP contribution in [0.4, 0.5) is 0 Å². The van der Waals surface area contributed by atoms with E-state index in [1.54, 1.807) is 0 Å². The second-order valence-electron chi connectivity index (χ2n) is 33.2. The van der Waals surface area contributed by atoms with Gasteiger partial charge in [0.25, 0.3) is 0 Å². The van der Waals surface area contributed by atoms with Crippen molar-refractivity contribution < 1.29 is 0 Å². The zero-order chi connectivity index (χ0) is 71.0. The zero-order valence-corrected chi connectivity index (χ0v) is 62.1. The van der Waals surface area contributed by atoms with E-state index in [2.05, 4.69) is 376 Å². The molecule has 103 heavy (non-hydrogen) atoms. The van der Waals surface area contributed by atoms with Crippen molar-refractivity contribution in [3.05, 3.63) is 357 Å². The molecule has 0 saturated heterocycles. The quantitative estimate of drug-likeness (QED) is 0.149. The van der Waals surface area contributed by atoms with Crippen LogP contribution in [0.2, 0.25) is 0 Å². The van der Waals surface area contributed by atoms with Crippen molar-refractivity contribution in [3.8, 4) is 134 Å². The van der Waals surface area contributed by atoms with Gasteiger partial charge in [0.2, 0.25) is 0 Å². The molecule has 14 aromatic rings. The smallest absolute Gasteiger partial charge is 0.0159 e. The third-order valence-electron chi connectivity index (χ3n) is 24.9. The molecule has 5 aliphatic carbocycles. The Morgan fingerprint density at radius 2 is 0.223 bits per heavy atom. The van der Waals surface area contributed by atoms with E-state index in [9.17, 15) is 0 Å². The van der Waals surface area contributed by atoms with Crippen molar-refractivity contribution in [2.45, 2.75) is 124 Å². The van der Waals surface area contributed by atoms with Crippen molar-refractivity contribution in [2.24, 2.45) is 0 Å². The van der Waals surface area contributed by atoms with Crippen molar-refractivity contribution in [2.75, 3.05) is 0 Å². The first-order valence-corrected chi connectivity index (χ1v) is 37.2. The highest BCUT2D eigenvalue weighted by Crippen LogP contribution is 2.57. The van der Waals surface area contributed by atoms with E-state index >= 15 is 0 Å². The first-order chi connectivity index (χ1) is 49.4. The highest BCUT2D eigenvalue weighted by atomic mass is 14.4. The van der Waals surface area contributed by atoms with Crippen LogP contribution >= 0.6 is 0 Å². The number of hydrogen-bond acceptors (Lipinski definition) is 0. The van der Waals surface area contributed by atoms with Gasteiger partial charge in [-0.1, -0.05) is 310 Å². The van der Waals surface area contributed by atoms with Crippen LogP contribution in [0.3, 0.4) is 0 Å². The molecule has 0 heterocycles. The Morgan fingerprint density at radius 3 is 0.340 bits per heavy atom. The highest BCUT2D eigenvalue weighted by Gasteiger charge is 2.42. The minimum Gasteiger partial charge on any atom is -0.0587 e. The SMILES string of the molecule is Cc1ccc(-c2ccc3c(c2)C(C)(C)c2cc(-c4ccc(C)cc4)ccc2-3)cc1.Cc1ccc(-c2ccc3c(c2)C(C)(C)c2cc(-c4ccc5c(c4)C(C)(C)c4cc(-c6ccc7c(c6)C(C)(C)c6cc(-c8ccc9c(c8)C(C)(C)c8cc(-c%10ccc(C)cc%10)ccc8-9)ccc6-7)ccc4-5)ccc2-3)cc1. The average Bonchev–Trinajstić information content (AvgIpc) is 1.70. The molecule has 0 fully saturated rings. The lowest BCUT2D eigenvalue weighted by atomic mass is 9.79. The lowest BCUT2D eigenvalue weighted by Crippen LogP contribution is -2.16. The number of fused-ring (bicyclic) bond motifs is 15. The van der Waals surface area contributed by atoms with E-state index in [1.165, 1.54) is 211 Å². The summed E-state index contributed by atoms with van der Waals surface area (Å²) in [7, 11) is 0. The second-order valence-corrected chi connectivity index (χ2v) is 33.2. The van der Waals surface area contributed by atoms with Crippen LogP contribution in [0.25, 0.3) is 134 Å². The van der Waals surface area contributed by atoms with Gasteiger partial charge in [0.15, 0.2) is 0 Å². The standard InChI is InChI=1S/C74H62.C29H26/c1-43-11-15-45(16-12-43)47-19-27-55-57-29-21-49(37-65(57)71(3,4)63(55)35-47)51-23-31-59-61-33-25-53(41-69(61)73(7,8)67(59)39-51)54-26-34-62-60-32-24-52(40-68(60)74(9,10)70(62)42-54)50-22-30-58-56-28-20-48(46-17-13-44(2)14-18-46)36-64(56)72(5,6)66(58)38-50;1-19-5-9-21(10-6-19)23-13-15-25-26-16-14-24(22-11-7-20(2)8-12-22)18-28(26)29(3,4)27(25)17-23/h11-42H,1-10H3;5-18H,1-4H3. The lowest BCUT2D eigenvalue weighted by molar-refractivity contribution is 0.659. The molecule has 0 radical (unpaired) electrons. The van der Waals surface area contributed by atoms with Crippen LogP contribution in [0.1, 0.15) is 147 Å². The van der Waals surface area contributed by atoms with Gasteiger partial charge in [-0.3, -0.25) is 0 Å². The molecule has 19 rings (SSSR count). The van der Waals surface area contributed by atoms with Crippen molar-refractivity contribution in [3.63, 3.8) is 0 Å². The fraction of sp³-hybridized carbons (Fsp3) is 0.184. The summed E-state index contributed by atoms with van der Waals surface area (Å²) in [6.07, 6.45) is 0. The van der Waals surface area contributed by atoms with E-state index in [4.69, 9.17) is 0 Å². The molecule has 0 heteroatoms. The third kappa shape index (κ3) is 10.1. The first kappa shape index (κ1) is 64.2. The molecule has 0 aliphatic heterocycles. The van der Waals surface area contributed by atoms with Gasteiger partial charge in [0.1, 0.15) is 0 Å². The fourth-order valence-corrected chi connectivity index (χ4v) is 18.5. The van der Waals surface area contributed by atoms with Crippen LogP contribution in [-0.2, 0) is 27.1 Å². The minimum atomic E-state index is -0.155. The van der Waals surface area contributed by atoms with Crippen LogP contribution in [0, 0.1) is 27.7 Å². The molecule has 0 saturated carbocycles. The van der Waals surface area contributed by atoms with Crippen molar-refractivity contribution in [1.82, 2.24) is 0 Å². The van der Waals surface area contributed by atoms with Gasteiger partial charge < -0.3 is 0 Å². The summed E-state index contributed by atoms with van der Waals surface area (Å²) in [5.74, 6) is 0. The summed E-state index contributed by atoms with van der Waals surface area (Å²) in [4.78, 5) is 0. The van der Waals surface area contributed by atoms with E-state index in [1.807, 2.05) is 0 Å². The topological polar surface area (TPSA) is 0 Å². The fourth-order valence-electron chi connectivity index (χ4n) is 18.5. The summed E-state index contributed by atoms with van der Waals surface area (Å²) >= 11 is 0. The van der Waals surface area contributed by atoms with E-state index in [-0.39, 0.29) is 27.1 Å². The van der Waals surface area contributed by atoms with Crippen LogP contribution in [0.5, 0.6) is 0 Å². The van der Waals surface area contributed by atoms with Gasteiger partial charge in [-0.05, 0) is 278 Å². The summed E-state index contributed by atoms with van der Waals surface area (Å²) in [5, 5.41) is 0. The molecule has 0 amide bonds. The molecular weight excluding hydrogens is 1240 g/mol. The summed E-state index contributed by atoms with van der Waals surface area (Å²) in [6, 6.07) is 107. The predicted molar refractivity (Wildman–Crippen MR) is 438 cm³/mol. The van der Waals surface area contributed by atoms with Gasteiger partial charge >= 0.3 is 0 Å². The number of aryl methyl sites for hydroxylation is 4. The van der Waals surface area contributed by atoms with Gasteiger partial charge in [-0.15, -0.1) is 0 Å². The molecule has 500 valence electrons. The highest BCUT2D eigenvalue weighted by molar-refractivity contribution is 5.93. The zero-order valence-electron chi connectivity index (χ0n) is 62.1. The van der Waals surface area contributed by atoms with E-state index in [0.717, 1.165) is 0 Å². The summed E-state index contributed by atoms with van der Waals surface area (Å²) in [5.41, 5.74) is 50.2. The summed E-state index contributed by atoms with van der Waals surface area (Å²) in [6.45, 7) is 32.6. The molecule has 0 nitrogen and oxygen atoms in total. The van der Waals surface area contributed by atoms with Gasteiger partial charge in [0.05, 0.1) is 0 Å². The molecule has 0 N–H and O–H groups in total. The van der Waals surface area contributed by atoms with Gasteiger partial charge in [-0.2, -0.15) is 0 Å². The van der Waals surface area contributed by atoms with Gasteiger partial charge in [-0.25, -0.2) is 0 Å². The normalized spacial score (nSPS) is 15.3. The monoisotopic (exact) mass is 1320 g/mol. The van der Waals surface area contributed by atoms with Crippen LogP contribution in [-0.4, -0.2) is 0 Å². The number of benzene rings is 14. The maximum atomic E-state index is 2.49. The maximum Gasteiger partial charge on any atom is 0.0159 e. The third-order valence-corrected chi connectivity index (χ3v) is 24.9. The predicted octanol–water partition coefficient (Wildman–Crippen LogP) is 27.8. The number of rotatable bonds is 7. The Morgan fingerprint density at radius 1 is 0.126 bits per heavy atom. The first-order valence-electron chi connectivity index (χ1n) is 37.2. The average molecular weight is 1330 g/mol. The molecule has 0 unspecified atom stereocenters. The van der Waals surface area contributed by atoms with Crippen LogP contribution in [0.15, 0.2) is 279 Å². The van der Waals surface area contributed by atoms with Crippen molar-refractivity contribution >= 4 is 0 Å². The summed E-state index contributed by atoms with van der Waals surface area (Å²) < 4.78 is 0. The Labute approximate surface area is 610 Å². The number of hydrogen-bond donors (Lipinski definition) is 0. The lowest BCUT2D eigenvalue weighted by Gasteiger charge is -2.24. The molecule has 0 aromatic heterocycles. The Kier molecular flexibility index (Phi) is 14.4. The largest absolute Gasteiger partial charge is 0.0587 e. The Bertz CT molecular complexity index is 5510. The maximum absolute atomic E-state index is 2.49. The van der Waals surface area contributed by atoms with Crippen molar-refractivity contribution in [1.29, 1.82) is 0 Å². The molecule has 0 bridgehead atoms. The molecule has 14 aromatic carbocycles. The van der Waals surface area contributed by atoms with Gasteiger partial charge in [0, 0.05) is 27.1 Å². The Hall–Kier alpha value is -10.9. The van der Waals surface area contributed by atoms with E-state index < -0.39 is 0 Å².